The van der Waals surface area contributed by atoms with E-state index in [1.54, 1.807) is 31.2 Å². The summed E-state index contributed by atoms with van der Waals surface area (Å²) in [5.74, 6) is -1.02. The van der Waals surface area contributed by atoms with E-state index in [1.165, 1.54) is 0 Å². The maximum Gasteiger partial charge on any atom is 0.309 e. The summed E-state index contributed by atoms with van der Waals surface area (Å²) in [6.07, 6.45) is 0.996. The van der Waals surface area contributed by atoms with Crippen molar-refractivity contribution in [1.29, 1.82) is 0 Å². The molecule has 6 nitrogen and oxygen atoms in total. The monoisotopic (exact) mass is 393 g/mol. The van der Waals surface area contributed by atoms with E-state index in [0.717, 1.165) is 5.69 Å². The third kappa shape index (κ3) is 3.55. The fraction of sp³-hybridized carbons (Fsp3) is 0.391. The maximum absolute atomic E-state index is 13.1. The summed E-state index contributed by atoms with van der Waals surface area (Å²) < 4.78 is 0. The lowest BCUT2D eigenvalue weighted by Crippen LogP contribution is -2.49. The molecule has 0 bridgehead atoms. The first kappa shape index (κ1) is 20.7. The fourth-order valence-corrected chi connectivity index (χ4v) is 4.00. The van der Waals surface area contributed by atoms with Crippen LogP contribution in [0.25, 0.3) is 0 Å². The number of benzene rings is 2. The number of amides is 1. The zero-order chi connectivity index (χ0) is 21.3. The summed E-state index contributed by atoms with van der Waals surface area (Å²) in [4.78, 5) is 25.0. The molecule has 1 aliphatic carbocycles. The summed E-state index contributed by atoms with van der Waals surface area (Å²) in [5.41, 5.74) is -0.332. The minimum absolute atomic E-state index is 0.161. The Morgan fingerprint density at radius 3 is 1.86 bits per heavy atom. The number of carbonyl (C=O) groups is 2. The number of azo groups is 1. The molecule has 1 amide bonds. The fourth-order valence-electron chi connectivity index (χ4n) is 4.00. The second-order valence-electron chi connectivity index (χ2n) is 8.63. The van der Waals surface area contributed by atoms with E-state index in [4.69, 9.17) is 0 Å². The van der Waals surface area contributed by atoms with Gasteiger partial charge >= 0.3 is 5.97 Å². The molecule has 0 heterocycles. The van der Waals surface area contributed by atoms with Gasteiger partial charge in [-0.3, -0.25) is 9.59 Å². The smallest absolute Gasteiger partial charge is 0.309 e. The van der Waals surface area contributed by atoms with Crippen molar-refractivity contribution in [2.45, 2.75) is 40.5 Å². The first-order chi connectivity index (χ1) is 13.6. The van der Waals surface area contributed by atoms with Gasteiger partial charge in [0.15, 0.2) is 0 Å². The van der Waals surface area contributed by atoms with Crippen LogP contribution >= 0.6 is 0 Å². The lowest BCUT2D eigenvalue weighted by atomic mass is 9.59. The summed E-state index contributed by atoms with van der Waals surface area (Å²) in [7, 11) is 0. The standard InChI is InChI=1S/C23H27N3O3/c1-21(2)22(3,14-15-23(21,4)20(28)29)19(27)24-16-10-12-18(13-11-16)26-25-17-8-6-5-7-9-17/h5-13H,14-15H2,1-4H3,(H,24,27)(H,28,29). The predicted octanol–water partition coefficient (Wildman–Crippen LogP) is 5.96. The van der Waals surface area contributed by atoms with Crippen LogP contribution in [0.5, 0.6) is 0 Å². The van der Waals surface area contributed by atoms with Crippen LogP contribution in [0.2, 0.25) is 0 Å². The Bertz CT molecular complexity index is 938. The number of hydrogen-bond acceptors (Lipinski definition) is 4. The number of aliphatic carboxylic acids is 1. The van der Waals surface area contributed by atoms with Crippen LogP contribution in [0, 0.1) is 16.2 Å². The van der Waals surface area contributed by atoms with E-state index in [9.17, 15) is 14.7 Å². The van der Waals surface area contributed by atoms with E-state index >= 15 is 0 Å². The highest BCUT2D eigenvalue weighted by Crippen LogP contribution is 2.63. The van der Waals surface area contributed by atoms with Crippen molar-refractivity contribution < 1.29 is 14.7 Å². The molecule has 2 aromatic rings. The lowest BCUT2D eigenvalue weighted by molar-refractivity contribution is -0.157. The van der Waals surface area contributed by atoms with Gasteiger partial charge in [0.1, 0.15) is 0 Å². The molecule has 152 valence electrons. The second-order valence-corrected chi connectivity index (χ2v) is 8.63. The molecule has 3 rings (SSSR count). The first-order valence-corrected chi connectivity index (χ1v) is 9.72. The molecule has 0 spiro atoms. The molecule has 2 N–H and O–H groups in total. The molecule has 0 aliphatic heterocycles. The number of hydrogen-bond donors (Lipinski definition) is 2. The van der Waals surface area contributed by atoms with Gasteiger partial charge in [0.2, 0.25) is 5.91 Å². The molecule has 2 unspecified atom stereocenters. The Kier molecular flexibility index (Phi) is 5.30. The maximum atomic E-state index is 13.1. The Balaban J connectivity index is 1.73. The number of rotatable bonds is 5. The molecule has 2 aromatic carbocycles. The van der Waals surface area contributed by atoms with Crippen molar-refractivity contribution >= 4 is 28.9 Å². The van der Waals surface area contributed by atoms with Crippen molar-refractivity contribution in [3.63, 3.8) is 0 Å². The molecule has 0 aromatic heterocycles. The van der Waals surface area contributed by atoms with Crippen LogP contribution < -0.4 is 5.32 Å². The number of carbonyl (C=O) groups excluding carboxylic acids is 1. The van der Waals surface area contributed by atoms with Crippen LogP contribution in [0.1, 0.15) is 40.5 Å². The van der Waals surface area contributed by atoms with Gasteiger partial charge in [-0.15, -0.1) is 0 Å². The second kappa shape index (κ2) is 7.43. The van der Waals surface area contributed by atoms with E-state index in [2.05, 4.69) is 15.5 Å². The quantitative estimate of drug-likeness (QED) is 0.614. The van der Waals surface area contributed by atoms with Crippen LogP contribution in [0.15, 0.2) is 64.8 Å². The molecule has 1 aliphatic rings. The van der Waals surface area contributed by atoms with Gasteiger partial charge in [-0.05, 0) is 61.6 Å². The minimum Gasteiger partial charge on any atom is -0.481 e. The zero-order valence-corrected chi connectivity index (χ0v) is 17.3. The lowest BCUT2D eigenvalue weighted by Gasteiger charge is -2.44. The van der Waals surface area contributed by atoms with Crippen LogP contribution in [-0.4, -0.2) is 17.0 Å². The van der Waals surface area contributed by atoms with E-state index in [1.807, 2.05) is 51.1 Å². The summed E-state index contributed by atoms with van der Waals surface area (Å²) in [6.45, 7) is 7.35. The molecule has 29 heavy (non-hydrogen) atoms. The molecule has 0 saturated heterocycles. The molecule has 2 atom stereocenters. The number of carboxylic acids is 1. The third-order valence-electron chi connectivity index (χ3n) is 7.02. The van der Waals surface area contributed by atoms with Crippen LogP contribution in [0.3, 0.4) is 0 Å². The highest BCUT2D eigenvalue weighted by Gasteiger charge is 2.64. The van der Waals surface area contributed by atoms with Crippen molar-refractivity contribution in [2.24, 2.45) is 26.5 Å². The topological polar surface area (TPSA) is 91.1 Å². The Labute approximate surface area is 171 Å². The molecule has 0 radical (unpaired) electrons. The number of nitrogens with zero attached hydrogens (tertiary/aromatic N) is 2. The Hall–Kier alpha value is -3.02. The average molecular weight is 393 g/mol. The largest absolute Gasteiger partial charge is 0.481 e. The van der Waals surface area contributed by atoms with Gasteiger partial charge in [-0.2, -0.15) is 10.2 Å². The van der Waals surface area contributed by atoms with E-state index in [-0.39, 0.29) is 5.91 Å². The van der Waals surface area contributed by atoms with Crippen LogP contribution in [-0.2, 0) is 9.59 Å². The summed E-state index contributed by atoms with van der Waals surface area (Å²) in [6, 6.07) is 16.6. The predicted molar refractivity (Wildman–Crippen MR) is 113 cm³/mol. The molecular formula is C23H27N3O3. The van der Waals surface area contributed by atoms with E-state index in [0.29, 0.717) is 24.2 Å². The van der Waals surface area contributed by atoms with Gasteiger partial charge in [0.05, 0.1) is 22.2 Å². The molecular weight excluding hydrogens is 366 g/mol. The molecule has 6 heteroatoms. The van der Waals surface area contributed by atoms with Gasteiger partial charge in [-0.1, -0.05) is 39.0 Å². The normalized spacial score (nSPS) is 25.8. The van der Waals surface area contributed by atoms with Gasteiger partial charge in [-0.25, -0.2) is 0 Å². The Morgan fingerprint density at radius 2 is 1.34 bits per heavy atom. The summed E-state index contributed by atoms with van der Waals surface area (Å²) >= 11 is 0. The van der Waals surface area contributed by atoms with Crippen LogP contribution in [0.4, 0.5) is 17.1 Å². The first-order valence-electron chi connectivity index (χ1n) is 9.72. The van der Waals surface area contributed by atoms with Gasteiger partial charge in [0, 0.05) is 5.69 Å². The zero-order valence-electron chi connectivity index (χ0n) is 17.3. The number of nitrogens with one attached hydrogen (secondary N) is 1. The highest BCUT2D eigenvalue weighted by atomic mass is 16.4. The summed E-state index contributed by atoms with van der Waals surface area (Å²) in [5, 5.41) is 21.0. The SMILES string of the molecule is CC1(C(=O)O)CCC(C)(C(=O)Nc2ccc(N=Nc3ccccc3)cc2)C1(C)C. The van der Waals surface area contributed by atoms with Crippen molar-refractivity contribution in [2.75, 3.05) is 5.32 Å². The van der Waals surface area contributed by atoms with Crippen molar-refractivity contribution in [1.82, 2.24) is 0 Å². The number of carboxylic acid groups (broad SMARTS) is 1. The average Bonchev–Trinajstić information content (AvgIpc) is 2.90. The molecule has 1 fully saturated rings. The third-order valence-corrected chi connectivity index (χ3v) is 7.02. The number of anilines is 1. The molecule has 1 saturated carbocycles. The van der Waals surface area contributed by atoms with Gasteiger partial charge < -0.3 is 10.4 Å². The van der Waals surface area contributed by atoms with Gasteiger partial charge in [0.25, 0.3) is 0 Å². The Morgan fingerprint density at radius 1 is 0.828 bits per heavy atom. The minimum atomic E-state index is -0.944. The van der Waals surface area contributed by atoms with Crippen molar-refractivity contribution in [3.8, 4) is 0 Å². The van der Waals surface area contributed by atoms with Crippen molar-refractivity contribution in [3.05, 3.63) is 54.6 Å². The highest BCUT2D eigenvalue weighted by molar-refractivity contribution is 5.97. The van der Waals surface area contributed by atoms with E-state index < -0.39 is 22.2 Å².